The molecule has 2 fully saturated rings. The molecule has 0 saturated carbocycles. The number of aromatic nitrogens is 3. The minimum Gasteiger partial charge on any atom is -0.461 e. The highest BCUT2D eigenvalue weighted by atomic mass is 16.5. The first-order valence-corrected chi connectivity index (χ1v) is 7.40. The van der Waals surface area contributed by atoms with Crippen molar-refractivity contribution in [1.29, 1.82) is 0 Å². The first kappa shape index (κ1) is 14.3. The quantitative estimate of drug-likeness (QED) is 0.844. The molecule has 2 aliphatic rings. The van der Waals surface area contributed by atoms with Gasteiger partial charge in [0.1, 0.15) is 6.61 Å². The van der Waals surface area contributed by atoms with Gasteiger partial charge in [0.25, 0.3) is 0 Å². The fourth-order valence-corrected chi connectivity index (χ4v) is 2.44. The minimum absolute atomic E-state index is 0.114. The van der Waals surface area contributed by atoms with Crippen molar-refractivity contribution >= 4 is 11.9 Å². The van der Waals surface area contributed by atoms with Gasteiger partial charge in [0.2, 0.25) is 11.9 Å². The number of ether oxygens (including phenoxy) is 3. The summed E-state index contributed by atoms with van der Waals surface area (Å²) in [6.45, 7) is 4.07. The third kappa shape index (κ3) is 3.92. The van der Waals surface area contributed by atoms with E-state index in [0.717, 1.165) is 32.5 Å². The van der Waals surface area contributed by atoms with Crippen molar-refractivity contribution in [3.05, 3.63) is 0 Å². The molecule has 2 N–H and O–H groups in total. The number of nitrogens with zero attached hydrogens (tertiary/aromatic N) is 4. The van der Waals surface area contributed by atoms with Gasteiger partial charge in [0, 0.05) is 19.7 Å². The molecule has 3 rings (SSSR count). The molecule has 1 aromatic rings. The summed E-state index contributed by atoms with van der Waals surface area (Å²) < 4.78 is 16.6. The van der Waals surface area contributed by atoms with Crippen molar-refractivity contribution in [2.45, 2.75) is 25.4 Å². The summed E-state index contributed by atoms with van der Waals surface area (Å²) in [4.78, 5) is 14.6. The first-order chi connectivity index (χ1) is 10.3. The van der Waals surface area contributed by atoms with Gasteiger partial charge in [0.05, 0.1) is 19.3 Å². The summed E-state index contributed by atoms with van der Waals surface area (Å²) in [5.74, 6) is 0.719. The highest BCUT2D eigenvalue weighted by molar-refractivity contribution is 5.36. The Bertz CT molecular complexity index is 461. The number of anilines is 2. The molecule has 0 bridgehead atoms. The van der Waals surface area contributed by atoms with Crippen LogP contribution in [0, 0.1) is 0 Å². The van der Waals surface area contributed by atoms with Gasteiger partial charge in [-0.3, -0.25) is 0 Å². The maximum atomic E-state index is 5.74. The van der Waals surface area contributed by atoms with E-state index < -0.39 is 0 Å². The number of rotatable bonds is 4. The van der Waals surface area contributed by atoms with Crippen molar-refractivity contribution in [3.8, 4) is 6.01 Å². The SMILES string of the molecule is Nc1nc(OCC2CCCCO2)nc(N2CCOCC2)n1. The third-order valence-corrected chi connectivity index (χ3v) is 3.59. The van der Waals surface area contributed by atoms with E-state index in [1.807, 2.05) is 4.90 Å². The van der Waals surface area contributed by atoms with Crippen LogP contribution in [0.15, 0.2) is 0 Å². The zero-order chi connectivity index (χ0) is 14.5. The Hall–Kier alpha value is -1.67. The monoisotopic (exact) mass is 295 g/mol. The van der Waals surface area contributed by atoms with Gasteiger partial charge in [-0.05, 0) is 19.3 Å². The van der Waals surface area contributed by atoms with Crippen LogP contribution in [0.25, 0.3) is 0 Å². The second-order valence-electron chi connectivity index (χ2n) is 5.18. The number of morpholine rings is 1. The summed E-state index contributed by atoms with van der Waals surface area (Å²) in [5, 5.41) is 0. The molecule has 21 heavy (non-hydrogen) atoms. The fourth-order valence-electron chi connectivity index (χ4n) is 2.44. The van der Waals surface area contributed by atoms with Crippen LogP contribution < -0.4 is 15.4 Å². The van der Waals surface area contributed by atoms with Crippen LogP contribution in [0.4, 0.5) is 11.9 Å². The van der Waals surface area contributed by atoms with Crippen molar-refractivity contribution in [2.75, 3.05) is 50.2 Å². The van der Waals surface area contributed by atoms with Gasteiger partial charge in [-0.1, -0.05) is 0 Å². The van der Waals surface area contributed by atoms with Gasteiger partial charge in [-0.2, -0.15) is 15.0 Å². The van der Waals surface area contributed by atoms with Gasteiger partial charge in [-0.15, -0.1) is 0 Å². The summed E-state index contributed by atoms with van der Waals surface area (Å²) in [6.07, 6.45) is 3.42. The smallest absolute Gasteiger partial charge is 0.323 e. The molecule has 2 aliphatic heterocycles. The molecule has 3 heterocycles. The molecule has 2 saturated heterocycles. The Kier molecular flexibility index (Phi) is 4.66. The third-order valence-electron chi connectivity index (χ3n) is 3.59. The Labute approximate surface area is 123 Å². The van der Waals surface area contributed by atoms with Gasteiger partial charge in [-0.25, -0.2) is 0 Å². The average Bonchev–Trinajstić information content (AvgIpc) is 2.54. The van der Waals surface area contributed by atoms with Crippen LogP contribution in [0.3, 0.4) is 0 Å². The molecule has 1 aromatic heterocycles. The van der Waals surface area contributed by atoms with E-state index in [9.17, 15) is 0 Å². The molecule has 0 spiro atoms. The molecule has 0 radical (unpaired) electrons. The maximum Gasteiger partial charge on any atom is 0.323 e. The second-order valence-corrected chi connectivity index (χ2v) is 5.18. The minimum atomic E-state index is 0.114. The van der Waals surface area contributed by atoms with Gasteiger partial charge < -0.3 is 24.8 Å². The van der Waals surface area contributed by atoms with E-state index in [-0.39, 0.29) is 18.1 Å². The number of hydrogen-bond donors (Lipinski definition) is 1. The Morgan fingerprint density at radius 2 is 2.00 bits per heavy atom. The first-order valence-electron chi connectivity index (χ1n) is 7.40. The Morgan fingerprint density at radius 1 is 1.14 bits per heavy atom. The zero-order valence-corrected chi connectivity index (χ0v) is 12.0. The molecule has 0 aromatic carbocycles. The van der Waals surface area contributed by atoms with E-state index in [2.05, 4.69) is 15.0 Å². The lowest BCUT2D eigenvalue weighted by atomic mass is 10.1. The summed E-state index contributed by atoms with van der Waals surface area (Å²) in [6, 6.07) is 0.262. The molecule has 0 aliphatic carbocycles. The lowest BCUT2D eigenvalue weighted by Gasteiger charge is -2.27. The van der Waals surface area contributed by atoms with Crippen LogP contribution in [0.2, 0.25) is 0 Å². The van der Waals surface area contributed by atoms with E-state index in [4.69, 9.17) is 19.9 Å². The van der Waals surface area contributed by atoms with Gasteiger partial charge >= 0.3 is 6.01 Å². The molecular weight excluding hydrogens is 274 g/mol. The maximum absolute atomic E-state index is 5.74. The van der Waals surface area contributed by atoms with Crippen LogP contribution in [0.1, 0.15) is 19.3 Å². The summed E-state index contributed by atoms with van der Waals surface area (Å²) >= 11 is 0. The molecule has 1 atom stereocenters. The molecule has 116 valence electrons. The highest BCUT2D eigenvalue weighted by Gasteiger charge is 2.18. The lowest BCUT2D eigenvalue weighted by Crippen LogP contribution is -2.37. The molecule has 1 unspecified atom stereocenters. The van der Waals surface area contributed by atoms with E-state index in [0.29, 0.717) is 25.8 Å². The lowest BCUT2D eigenvalue weighted by molar-refractivity contribution is -0.0129. The van der Waals surface area contributed by atoms with Crippen LogP contribution in [-0.2, 0) is 9.47 Å². The zero-order valence-electron chi connectivity index (χ0n) is 12.0. The average molecular weight is 295 g/mol. The predicted molar refractivity (Wildman–Crippen MR) is 76.4 cm³/mol. The van der Waals surface area contributed by atoms with Crippen LogP contribution in [-0.4, -0.2) is 60.6 Å². The number of nitrogen functional groups attached to an aromatic ring is 1. The molecule has 0 amide bonds. The number of hydrogen-bond acceptors (Lipinski definition) is 8. The highest BCUT2D eigenvalue weighted by Crippen LogP contribution is 2.17. The van der Waals surface area contributed by atoms with E-state index >= 15 is 0 Å². The summed E-state index contributed by atoms with van der Waals surface area (Å²) in [5.41, 5.74) is 5.74. The van der Waals surface area contributed by atoms with Gasteiger partial charge in [0.15, 0.2) is 0 Å². The molecule has 8 nitrogen and oxygen atoms in total. The van der Waals surface area contributed by atoms with Crippen molar-refractivity contribution < 1.29 is 14.2 Å². The topological polar surface area (TPSA) is 95.6 Å². The van der Waals surface area contributed by atoms with Crippen LogP contribution in [0.5, 0.6) is 6.01 Å². The summed E-state index contributed by atoms with van der Waals surface area (Å²) in [7, 11) is 0. The van der Waals surface area contributed by atoms with E-state index in [1.54, 1.807) is 0 Å². The van der Waals surface area contributed by atoms with Crippen molar-refractivity contribution in [1.82, 2.24) is 15.0 Å². The van der Waals surface area contributed by atoms with E-state index in [1.165, 1.54) is 6.42 Å². The Balaban J connectivity index is 1.62. The Morgan fingerprint density at radius 3 is 2.76 bits per heavy atom. The van der Waals surface area contributed by atoms with Crippen molar-refractivity contribution in [2.24, 2.45) is 0 Å². The standard InChI is InChI=1S/C13H21N5O3/c14-11-15-12(18-4-7-19-8-5-18)17-13(16-11)21-9-10-3-1-2-6-20-10/h10H,1-9H2,(H2,14,15,16,17). The number of nitrogens with two attached hydrogens (primary N) is 1. The normalized spacial score (nSPS) is 23.0. The fraction of sp³-hybridized carbons (Fsp3) is 0.769. The largest absolute Gasteiger partial charge is 0.461 e. The van der Waals surface area contributed by atoms with Crippen LogP contribution >= 0.6 is 0 Å². The predicted octanol–water partition coefficient (Wildman–Crippen LogP) is 0.238. The van der Waals surface area contributed by atoms with Crippen molar-refractivity contribution in [3.63, 3.8) is 0 Å². The molecular formula is C13H21N5O3. The second kappa shape index (κ2) is 6.86. The molecule has 8 heteroatoms.